The molecule has 0 saturated heterocycles. The first-order chi connectivity index (χ1) is 8.06. The van der Waals surface area contributed by atoms with Crippen molar-refractivity contribution in [1.29, 1.82) is 0 Å². The number of nitrogens with zero attached hydrogens (tertiary/aromatic N) is 1. The Kier molecular flexibility index (Phi) is 3.11. The van der Waals surface area contributed by atoms with E-state index in [0.29, 0.717) is 4.99 Å². The number of carbonyl (C=O) groups excluding carboxylic acids is 1. The van der Waals surface area contributed by atoms with Gasteiger partial charge in [-0.15, -0.1) is 0 Å². The zero-order valence-electron chi connectivity index (χ0n) is 9.64. The summed E-state index contributed by atoms with van der Waals surface area (Å²) in [6.45, 7) is 1.93. The molecule has 5 heteroatoms. The lowest BCUT2D eigenvalue weighted by Crippen LogP contribution is -2.40. The molecule has 0 bridgehead atoms. The fraction of sp³-hybridized carbons (Fsp3) is 0.417. The van der Waals surface area contributed by atoms with E-state index in [2.05, 4.69) is 10.3 Å². The Balaban J connectivity index is 2.03. The Hall–Kier alpha value is -1.49. The van der Waals surface area contributed by atoms with Crippen LogP contribution in [0.3, 0.4) is 0 Å². The highest BCUT2D eigenvalue weighted by Crippen LogP contribution is 2.46. The summed E-state index contributed by atoms with van der Waals surface area (Å²) >= 11 is 4.95. The number of carbonyl (C=O) groups is 1. The number of nitrogens with one attached hydrogen (secondary N) is 1. The number of hydrogen-bond donors (Lipinski definition) is 2. The lowest BCUT2D eigenvalue weighted by Gasteiger charge is -2.18. The van der Waals surface area contributed by atoms with E-state index in [0.717, 1.165) is 18.4 Å². The van der Waals surface area contributed by atoms with Crippen LogP contribution in [-0.4, -0.2) is 15.9 Å². The molecular weight excluding hydrogens is 234 g/mol. The first kappa shape index (κ1) is 12.0. The second kappa shape index (κ2) is 4.41. The Bertz CT molecular complexity index is 442. The Morgan fingerprint density at radius 1 is 1.53 bits per heavy atom. The van der Waals surface area contributed by atoms with Gasteiger partial charge in [0.2, 0.25) is 5.91 Å². The second-order valence-corrected chi connectivity index (χ2v) is 4.86. The lowest BCUT2D eigenvalue weighted by molar-refractivity contribution is -0.124. The predicted molar refractivity (Wildman–Crippen MR) is 69.2 cm³/mol. The summed E-state index contributed by atoms with van der Waals surface area (Å²) in [6.07, 6.45) is 4.94. The molecule has 0 aliphatic heterocycles. The van der Waals surface area contributed by atoms with Crippen molar-refractivity contribution in [2.45, 2.75) is 25.8 Å². The fourth-order valence-corrected chi connectivity index (χ4v) is 2.08. The maximum atomic E-state index is 12.1. The Labute approximate surface area is 106 Å². The van der Waals surface area contributed by atoms with Gasteiger partial charge in [-0.2, -0.15) is 0 Å². The van der Waals surface area contributed by atoms with Gasteiger partial charge in [0, 0.05) is 12.4 Å². The molecule has 0 spiro atoms. The van der Waals surface area contributed by atoms with Gasteiger partial charge in [0.05, 0.1) is 16.4 Å². The van der Waals surface area contributed by atoms with Gasteiger partial charge >= 0.3 is 0 Å². The average molecular weight is 249 g/mol. The standard InChI is InChI=1S/C12H15N3OS/c1-8(9-2-6-14-7-3-9)15-11(16)12(4-5-12)10(13)17/h2-3,6-8H,4-5H2,1H3,(H2,13,17)(H,15,16). The van der Waals surface area contributed by atoms with Gasteiger partial charge in [0.1, 0.15) is 0 Å². The fourth-order valence-electron chi connectivity index (χ4n) is 1.78. The first-order valence-corrected chi connectivity index (χ1v) is 5.98. The van der Waals surface area contributed by atoms with Crippen LogP contribution in [0, 0.1) is 5.41 Å². The highest BCUT2D eigenvalue weighted by molar-refractivity contribution is 7.80. The average Bonchev–Trinajstić information content (AvgIpc) is 3.11. The van der Waals surface area contributed by atoms with Gasteiger partial charge in [-0.25, -0.2) is 0 Å². The van der Waals surface area contributed by atoms with Crippen LogP contribution in [0.4, 0.5) is 0 Å². The van der Waals surface area contributed by atoms with Crippen LogP contribution in [0.25, 0.3) is 0 Å². The molecule has 2 rings (SSSR count). The molecule has 0 aromatic carbocycles. The Morgan fingerprint density at radius 2 is 2.12 bits per heavy atom. The van der Waals surface area contributed by atoms with E-state index in [1.807, 2.05) is 19.1 Å². The third-order valence-corrected chi connectivity index (χ3v) is 3.60. The van der Waals surface area contributed by atoms with Crippen molar-refractivity contribution in [2.24, 2.45) is 11.1 Å². The molecule has 1 aromatic rings. The molecule has 1 amide bonds. The van der Waals surface area contributed by atoms with Crippen LogP contribution in [-0.2, 0) is 4.79 Å². The van der Waals surface area contributed by atoms with Crippen molar-refractivity contribution in [3.05, 3.63) is 30.1 Å². The van der Waals surface area contributed by atoms with Crippen LogP contribution < -0.4 is 11.1 Å². The quantitative estimate of drug-likeness (QED) is 0.790. The molecule has 1 fully saturated rings. The summed E-state index contributed by atoms with van der Waals surface area (Å²) in [6, 6.07) is 3.70. The first-order valence-electron chi connectivity index (χ1n) is 5.57. The maximum absolute atomic E-state index is 12.1. The van der Waals surface area contributed by atoms with E-state index in [-0.39, 0.29) is 11.9 Å². The monoisotopic (exact) mass is 249 g/mol. The summed E-state index contributed by atoms with van der Waals surface area (Å²) < 4.78 is 0. The van der Waals surface area contributed by atoms with Crippen molar-refractivity contribution in [3.8, 4) is 0 Å². The highest BCUT2D eigenvalue weighted by atomic mass is 32.1. The number of pyridine rings is 1. The minimum absolute atomic E-state index is 0.0580. The zero-order valence-corrected chi connectivity index (χ0v) is 10.5. The summed E-state index contributed by atoms with van der Waals surface area (Å²) in [5, 5.41) is 2.95. The van der Waals surface area contributed by atoms with Gasteiger partial charge in [-0.05, 0) is 37.5 Å². The van der Waals surface area contributed by atoms with Crippen molar-refractivity contribution < 1.29 is 4.79 Å². The maximum Gasteiger partial charge on any atom is 0.233 e. The topological polar surface area (TPSA) is 68.0 Å². The number of nitrogens with two attached hydrogens (primary N) is 1. The summed E-state index contributed by atoms with van der Waals surface area (Å²) in [4.78, 5) is 16.3. The van der Waals surface area contributed by atoms with E-state index in [1.54, 1.807) is 12.4 Å². The SMILES string of the molecule is CC(NC(=O)C1(C(N)=S)CC1)c1ccncc1. The van der Waals surface area contributed by atoms with Crippen molar-refractivity contribution >= 4 is 23.1 Å². The van der Waals surface area contributed by atoms with Gasteiger partial charge in [-0.1, -0.05) is 12.2 Å². The third kappa shape index (κ3) is 2.29. The predicted octanol–water partition coefficient (Wildman–Crippen LogP) is 1.33. The molecule has 1 aliphatic carbocycles. The van der Waals surface area contributed by atoms with Crippen molar-refractivity contribution in [2.75, 3.05) is 0 Å². The van der Waals surface area contributed by atoms with Crippen LogP contribution in [0.5, 0.6) is 0 Å². The molecule has 1 aromatic heterocycles. The smallest absolute Gasteiger partial charge is 0.233 e. The largest absolute Gasteiger partial charge is 0.392 e. The zero-order chi connectivity index (χ0) is 12.5. The van der Waals surface area contributed by atoms with E-state index < -0.39 is 5.41 Å². The molecule has 1 saturated carbocycles. The van der Waals surface area contributed by atoms with E-state index in [4.69, 9.17) is 18.0 Å². The summed E-state index contributed by atoms with van der Waals surface area (Å²) in [7, 11) is 0. The molecule has 3 N–H and O–H groups in total. The van der Waals surface area contributed by atoms with Crippen LogP contribution in [0.1, 0.15) is 31.4 Å². The van der Waals surface area contributed by atoms with Crippen molar-refractivity contribution in [3.63, 3.8) is 0 Å². The molecule has 1 unspecified atom stereocenters. The van der Waals surface area contributed by atoms with E-state index in [1.165, 1.54) is 0 Å². The number of hydrogen-bond acceptors (Lipinski definition) is 3. The number of aromatic nitrogens is 1. The molecule has 90 valence electrons. The highest BCUT2D eigenvalue weighted by Gasteiger charge is 2.52. The van der Waals surface area contributed by atoms with E-state index >= 15 is 0 Å². The van der Waals surface area contributed by atoms with Crippen molar-refractivity contribution in [1.82, 2.24) is 10.3 Å². The molecule has 1 heterocycles. The number of amides is 1. The lowest BCUT2D eigenvalue weighted by atomic mass is 10.0. The van der Waals surface area contributed by atoms with E-state index in [9.17, 15) is 4.79 Å². The van der Waals surface area contributed by atoms with Gasteiger partial charge < -0.3 is 11.1 Å². The summed E-state index contributed by atoms with van der Waals surface area (Å²) in [5.74, 6) is -0.0608. The molecule has 1 aliphatic rings. The number of rotatable bonds is 4. The van der Waals surface area contributed by atoms with Crippen LogP contribution in [0.2, 0.25) is 0 Å². The third-order valence-electron chi connectivity index (χ3n) is 3.21. The minimum Gasteiger partial charge on any atom is -0.392 e. The molecular formula is C12H15N3OS. The molecule has 17 heavy (non-hydrogen) atoms. The Morgan fingerprint density at radius 3 is 2.59 bits per heavy atom. The second-order valence-electron chi connectivity index (χ2n) is 4.42. The molecule has 4 nitrogen and oxygen atoms in total. The normalized spacial score (nSPS) is 18.2. The van der Waals surface area contributed by atoms with Gasteiger partial charge in [0.15, 0.2) is 0 Å². The van der Waals surface area contributed by atoms with Gasteiger partial charge in [-0.3, -0.25) is 9.78 Å². The molecule has 0 radical (unpaired) electrons. The minimum atomic E-state index is -0.587. The van der Waals surface area contributed by atoms with Crippen LogP contribution >= 0.6 is 12.2 Å². The molecule has 1 atom stereocenters. The van der Waals surface area contributed by atoms with Crippen LogP contribution in [0.15, 0.2) is 24.5 Å². The van der Waals surface area contributed by atoms with Gasteiger partial charge in [0.25, 0.3) is 0 Å². The summed E-state index contributed by atoms with van der Waals surface area (Å²) in [5.41, 5.74) is 6.04. The number of thiocarbonyl (C=S) groups is 1.